The van der Waals surface area contributed by atoms with Crippen LogP contribution in [0.3, 0.4) is 0 Å². The molecule has 0 aliphatic rings. The number of hydrogen-bond donors (Lipinski definition) is 1. The fraction of sp³-hybridized carbons (Fsp3) is 0.714. The van der Waals surface area contributed by atoms with Gasteiger partial charge in [-0.3, -0.25) is 4.79 Å². The number of Topliss-reactive ketones (excluding diaryl/α,β-unsaturated/α-hetero) is 1. The zero-order valence-electron chi connectivity index (χ0n) is 29.4. The first-order chi connectivity index (χ1) is 21.7. The van der Waals surface area contributed by atoms with Gasteiger partial charge >= 0.3 is 11.8 Å². The first-order valence-electron chi connectivity index (χ1n) is 17.2. The fourth-order valence-corrected chi connectivity index (χ4v) is 11.5. The Kier molecular flexibility index (Phi) is 27.6. The van der Waals surface area contributed by atoms with Crippen molar-refractivity contribution in [2.75, 3.05) is 37.0 Å². The first kappa shape index (κ1) is 48.8. The van der Waals surface area contributed by atoms with Crippen molar-refractivity contribution < 1.29 is 86.0 Å². The maximum Gasteiger partial charge on any atom is 0.455 e. The SMILES string of the molecule is CCCCP(=O)(CCCC)CCCC.CCCCP(=O)(CCCC)CCCC.O=C(c1c(O)c2ccccc2oc1=O)C(F)(F)F.[Eu]. The molecule has 0 atom stereocenters. The van der Waals surface area contributed by atoms with E-state index < -0.39 is 43.2 Å². The van der Waals surface area contributed by atoms with Gasteiger partial charge in [0.05, 0.1) is 19.7 Å². The Labute approximate surface area is 322 Å². The van der Waals surface area contributed by atoms with Crippen LogP contribution < -0.4 is 5.63 Å². The molecule has 12 heteroatoms. The van der Waals surface area contributed by atoms with Crippen molar-refractivity contribution in [1.29, 1.82) is 0 Å². The number of halogens is 3. The van der Waals surface area contributed by atoms with Crippen molar-refractivity contribution >= 4 is 31.0 Å². The summed E-state index contributed by atoms with van der Waals surface area (Å²) < 4.78 is 66.3. The van der Waals surface area contributed by atoms with Crippen molar-refractivity contribution in [3.63, 3.8) is 0 Å². The van der Waals surface area contributed by atoms with E-state index in [1.165, 1.54) is 62.8 Å². The summed E-state index contributed by atoms with van der Waals surface area (Å²) in [7, 11) is -3.54. The number of aromatic hydroxyl groups is 1. The van der Waals surface area contributed by atoms with E-state index in [-0.39, 0.29) is 60.3 Å². The Bertz CT molecular complexity index is 1200. The molecule has 0 saturated carbocycles. The number of alkyl halides is 3. The molecule has 1 N–H and O–H groups in total. The molecule has 0 unspecified atom stereocenters. The van der Waals surface area contributed by atoms with Gasteiger partial charge in [0.25, 0.3) is 5.78 Å². The van der Waals surface area contributed by atoms with Gasteiger partial charge in [-0.15, -0.1) is 0 Å². The Balaban J connectivity index is 0. The van der Waals surface area contributed by atoms with Crippen LogP contribution in [-0.2, 0) is 9.13 Å². The van der Waals surface area contributed by atoms with E-state index in [0.29, 0.717) is 0 Å². The quantitative estimate of drug-likeness (QED) is 0.0858. The topological polar surface area (TPSA) is 102 Å². The number of unbranched alkanes of at least 4 members (excludes halogenated alkanes) is 6. The van der Waals surface area contributed by atoms with E-state index in [9.17, 15) is 37.0 Å². The van der Waals surface area contributed by atoms with Crippen LogP contribution in [0.2, 0.25) is 0 Å². The molecule has 2 rings (SSSR count). The van der Waals surface area contributed by atoms with Crippen LogP contribution >= 0.6 is 14.3 Å². The summed E-state index contributed by atoms with van der Waals surface area (Å²) in [6, 6.07) is 5.42. The number of fused-ring (bicyclic) bond motifs is 1. The van der Waals surface area contributed by atoms with Crippen molar-refractivity contribution in [3.05, 3.63) is 40.2 Å². The fourth-order valence-electron chi connectivity index (χ4n) is 4.82. The van der Waals surface area contributed by atoms with Crippen LogP contribution in [0, 0.1) is 49.4 Å². The maximum absolute atomic E-state index is 12.5. The molecule has 47 heavy (non-hydrogen) atoms. The molecule has 0 fully saturated rings. The number of rotatable bonds is 19. The van der Waals surface area contributed by atoms with E-state index in [1.807, 2.05) is 0 Å². The predicted octanol–water partition coefficient (Wildman–Crippen LogP) is 11.7. The van der Waals surface area contributed by atoms with Crippen molar-refractivity contribution in [2.24, 2.45) is 0 Å². The summed E-state index contributed by atoms with van der Waals surface area (Å²) in [6.07, 6.45) is 14.8. The predicted molar refractivity (Wildman–Crippen MR) is 188 cm³/mol. The molecule has 0 spiro atoms. The van der Waals surface area contributed by atoms with Crippen LogP contribution in [-0.4, -0.2) is 54.0 Å². The van der Waals surface area contributed by atoms with Gasteiger partial charge in [0, 0.05) is 86.3 Å². The second kappa shape index (κ2) is 26.5. The number of benzene rings is 1. The smallest absolute Gasteiger partial charge is 0.455 e. The third kappa shape index (κ3) is 19.6. The number of ketones is 1. The molecule has 273 valence electrons. The van der Waals surface area contributed by atoms with Gasteiger partial charge < -0.3 is 18.7 Å². The molecule has 0 aliphatic carbocycles. The number of hydrogen-bond acceptors (Lipinski definition) is 6. The minimum atomic E-state index is -5.26. The summed E-state index contributed by atoms with van der Waals surface area (Å²) in [6.45, 7) is 13.1. The second-order valence-electron chi connectivity index (χ2n) is 12.0. The molecule has 1 aromatic carbocycles. The van der Waals surface area contributed by atoms with Crippen LogP contribution in [0.4, 0.5) is 13.2 Å². The average molecular weight is 847 g/mol. The molecule has 1 radical (unpaired) electrons. The summed E-state index contributed by atoms with van der Waals surface area (Å²) >= 11 is 0. The van der Waals surface area contributed by atoms with Gasteiger partial charge in [-0.2, -0.15) is 13.2 Å². The molecule has 0 bridgehead atoms. The number of carbonyl (C=O) groups is 1. The average Bonchev–Trinajstić information content (AvgIpc) is 3.03. The number of para-hydroxylation sites is 1. The van der Waals surface area contributed by atoms with Gasteiger partial charge in [0.1, 0.15) is 11.3 Å². The number of carbonyl (C=O) groups excluding carboxylic acids is 1. The van der Waals surface area contributed by atoms with Gasteiger partial charge in [-0.1, -0.05) is 92.2 Å². The summed E-state index contributed by atoms with van der Waals surface area (Å²) in [5.74, 6) is -3.45. The minimum absolute atomic E-state index is 0. The monoisotopic (exact) mass is 847 g/mol. The van der Waals surface area contributed by atoms with E-state index >= 15 is 0 Å². The van der Waals surface area contributed by atoms with Crippen molar-refractivity contribution in [2.45, 2.75) is 125 Å². The maximum atomic E-state index is 12.5. The molecule has 1 aromatic heterocycles. The third-order valence-electron chi connectivity index (χ3n) is 7.79. The largest absolute Gasteiger partial charge is 0.506 e. The Hall–Kier alpha value is -0.266. The minimum Gasteiger partial charge on any atom is -0.506 e. The Morgan fingerprint density at radius 3 is 1.30 bits per heavy atom. The Morgan fingerprint density at radius 2 is 1.00 bits per heavy atom. The van der Waals surface area contributed by atoms with Gasteiger partial charge in [0.2, 0.25) is 0 Å². The molecule has 0 amide bonds. The Morgan fingerprint density at radius 1 is 0.681 bits per heavy atom. The van der Waals surface area contributed by atoms with Gasteiger partial charge in [-0.25, -0.2) is 4.79 Å². The van der Waals surface area contributed by atoms with Crippen LogP contribution in [0.25, 0.3) is 11.0 Å². The van der Waals surface area contributed by atoms with Gasteiger partial charge in [-0.05, 0) is 50.7 Å². The second-order valence-corrected chi connectivity index (χ2v) is 18.9. The zero-order valence-corrected chi connectivity index (χ0v) is 33.6. The normalized spacial score (nSPS) is 11.6. The van der Waals surface area contributed by atoms with Crippen LogP contribution in [0.5, 0.6) is 5.75 Å². The first-order valence-corrected chi connectivity index (χ1v) is 21.7. The van der Waals surface area contributed by atoms with E-state index in [0.717, 1.165) is 75.5 Å². The summed E-state index contributed by atoms with van der Waals surface area (Å²) in [4.78, 5) is 22.3. The molecular weight excluding hydrogens is 787 g/mol. The van der Waals surface area contributed by atoms with E-state index in [1.54, 1.807) is 0 Å². The van der Waals surface area contributed by atoms with Crippen LogP contribution in [0.1, 0.15) is 129 Å². The molecule has 0 saturated heterocycles. The molecule has 2 aromatic rings. The van der Waals surface area contributed by atoms with Gasteiger partial charge in [0.15, 0.2) is 5.56 Å². The molecule has 6 nitrogen and oxygen atoms in total. The molecule has 0 aliphatic heterocycles. The third-order valence-corrected chi connectivity index (χ3v) is 14.6. The van der Waals surface area contributed by atoms with Crippen molar-refractivity contribution in [3.8, 4) is 5.75 Å². The molecule has 1 heterocycles. The van der Waals surface area contributed by atoms with E-state index in [2.05, 4.69) is 46.0 Å². The summed E-state index contributed by atoms with van der Waals surface area (Å²) in [5, 5.41) is 9.45. The standard InChI is InChI=1S/2C12H27OP.C11H5F3O4.Eu/c2*1-4-7-10-14(13,11-8-5-2)12-9-6-3;12-11(13,14)9(16)7-8(15)5-3-1-2-4-6(5)18-10(7)17;/h2*4-12H2,1-3H3;1-4,15H;. The molecular formula is C35H59EuF3O6P2. The zero-order chi connectivity index (χ0) is 35.2. The van der Waals surface area contributed by atoms with Crippen LogP contribution in [0.15, 0.2) is 33.5 Å². The van der Waals surface area contributed by atoms with E-state index in [4.69, 9.17) is 0 Å². The summed E-state index contributed by atoms with van der Waals surface area (Å²) in [5.41, 5.74) is -3.02. The van der Waals surface area contributed by atoms with Crippen molar-refractivity contribution in [1.82, 2.24) is 0 Å².